The van der Waals surface area contributed by atoms with Crippen LogP contribution in [0.4, 0.5) is 4.79 Å². The molecule has 6 rings (SSSR count). The smallest absolute Gasteiger partial charge is 0.345 e. The van der Waals surface area contributed by atoms with Gasteiger partial charge in [-0.15, -0.1) is 0 Å². The van der Waals surface area contributed by atoms with Crippen molar-refractivity contribution in [2.75, 3.05) is 19.6 Å². The summed E-state index contributed by atoms with van der Waals surface area (Å²) in [6, 6.07) is 10.5. The van der Waals surface area contributed by atoms with Crippen molar-refractivity contribution in [2.45, 2.75) is 69.3 Å². The van der Waals surface area contributed by atoms with Gasteiger partial charge >= 0.3 is 6.03 Å². The summed E-state index contributed by atoms with van der Waals surface area (Å²) in [5.74, 6) is 0.0185. The van der Waals surface area contributed by atoms with E-state index in [1.54, 1.807) is 4.90 Å². The molecule has 2 atom stereocenters. The quantitative estimate of drug-likeness (QED) is 0.780. The molecular formula is C23H30N4O3. The molecule has 0 unspecified atom stereocenters. The SMILES string of the molecule is O=C(NC1CC2(C1)CN(C1CC1)C2)[C@@H]1CC[C@@H]2CN1C(=O)N2OCc1ccccc1. The molecule has 30 heavy (non-hydrogen) atoms. The molecule has 3 aliphatic heterocycles. The first-order chi connectivity index (χ1) is 14.6. The van der Waals surface area contributed by atoms with Gasteiger partial charge in [-0.05, 0) is 49.5 Å². The molecule has 1 spiro atoms. The van der Waals surface area contributed by atoms with Crippen LogP contribution in [0.2, 0.25) is 0 Å². The monoisotopic (exact) mass is 410 g/mol. The van der Waals surface area contributed by atoms with E-state index < -0.39 is 0 Å². The van der Waals surface area contributed by atoms with E-state index in [9.17, 15) is 9.59 Å². The minimum atomic E-state index is -0.361. The fourth-order valence-corrected chi connectivity index (χ4v) is 5.95. The van der Waals surface area contributed by atoms with Crippen LogP contribution in [0, 0.1) is 5.41 Å². The van der Waals surface area contributed by atoms with Crippen molar-refractivity contribution in [3.05, 3.63) is 35.9 Å². The number of amides is 3. The van der Waals surface area contributed by atoms with Crippen LogP contribution in [0.3, 0.4) is 0 Å². The number of benzene rings is 1. The lowest BCUT2D eigenvalue weighted by molar-refractivity contribution is -0.140. The average molecular weight is 411 g/mol. The van der Waals surface area contributed by atoms with Crippen LogP contribution in [-0.2, 0) is 16.2 Å². The number of rotatable bonds is 6. The normalized spacial score (nSPS) is 30.3. The third-order valence-corrected chi connectivity index (χ3v) is 7.68. The third kappa shape index (κ3) is 3.19. The van der Waals surface area contributed by atoms with Gasteiger partial charge in [0.15, 0.2) is 0 Å². The summed E-state index contributed by atoms with van der Waals surface area (Å²) >= 11 is 0. The summed E-state index contributed by atoms with van der Waals surface area (Å²) in [4.78, 5) is 36.0. The lowest BCUT2D eigenvalue weighted by Crippen LogP contribution is -2.67. The van der Waals surface area contributed by atoms with Crippen LogP contribution in [0.1, 0.15) is 44.1 Å². The molecule has 3 saturated heterocycles. The van der Waals surface area contributed by atoms with Gasteiger partial charge in [-0.2, -0.15) is 5.06 Å². The Morgan fingerprint density at radius 3 is 2.53 bits per heavy atom. The number of carbonyl (C=O) groups is 2. The molecular weight excluding hydrogens is 380 g/mol. The Labute approximate surface area is 177 Å². The molecule has 1 aromatic carbocycles. The molecule has 3 amide bonds. The standard InChI is InChI=1S/C23H30N4O3/c28-21(24-17-10-23(11-17)14-25(15-23)18-6-7-18)20-9-8-19-12-26(20)22(29)27(19)30-13-16-4-2-1-3-5-16/h1-5,17-20H,6-15H2,(H,24,28)/t19-,20+/m1/s1. The average Bonchev–Trinajstić information content (AvgIpc) is 3.50. The van der Waals surface area contributed by atoms with E-state index in [4.69, 9.17) is 4.84 Å². The van der Waals surface area contributed by atoms with Crippen molar-refractivity contribution in [3.63, 3.8) is 0 Å². The van der Waals surface area contributed by atoms with Crippen molar-refractivity contribution >= 4 is 11.9 Å². The highest BCUT2D eigenvalue weighted by atomic mass is 16.7. The second-order valence-electron chi connectivity index (χ2n) is 10.0. The minimum absolute atomic E-state index is 0.0185. The lowest BCUT2D eigenvalue weighted by Gasteiger charge is -2.59. The molecule has 2 aliphatic carbocycles. The van der Waals surface area contributed by atoms with E-state index in [0.717, 1.165) is 30.9 Å². The van der Waals surface area contributed by atoms with Crippen molar-refractivity contribution < 1.29 is 14.4 Å². The first-order valence-electron chi connectivity index (χ1n) is 11.4. The molecule has 3 heterocycles. The predicted octanol–water partition coefficient (Wildman–Crippen LogP) is 2.13. The maximum atomic E-state index is 12.9. The van der Waals surface area contributed by atoms with Gasteiger partial charge in [0.1, 0.15) is 12.6 Å². The molecule has 7 nitrogen and oxygen atoms in total. The van der Waals surface area contributed by atoms with Crippen molar-refractivity contribution in [3.8, 4) is 0 Å². The highest BCUT2D eigenvalue weighted by molar-refractivity contribution is 5.88. The Bertz CT molecular complexity index is 828. The van der Waals surface area contributed by atoms with Crippen LogP contribution in [0.5, 0.6) is 0 Å². The number of urea groups is 1. The molecule has 7 heteroatoms. The van der Waals surface area contributed by atoms with Gasteiger partial charge in [0.25, 0.3) is 0 Å². The number of piperidine rings is 1. The number of nitrogens with one attached hydrogen (secondary N) is 1. The Morgan fingerprint density at radius 2 is 1.80 bits per heavy atom. The first kappa shape index (κ1) is 18.6. The minimum Gasteiger partial charge on any atom is -0.352 e. The van der Waals surface area contributed by atoms with E-state index in [2.05, 4.69) is 10.2 Å². The Balaban J connectivity index is 1.01. The summed E-state index contributed by atoms with van der Waals surface area (Å²) in [6.45, 7) is 3.38. The Kier molecular flexibility index (Phi) is 4.32. The fraction of sp³-hybridized carbons (Fsp3) is 0.652. The summed E-state index contributed by atoms with van der Waals surface area (Å²) in [5.41, 5.74) is 1.50. The summed E-state index contributed by atoms with van der Waals surface area (Å²) in [5, 5.41) is 4.73. The largest absolute Gasteiger partial charge is 0.352 e. The van der Waals surface area contributed by atoms with Gasteiger partial charge < -0.3 is 10.2 Å². The second-order valence-corrected chi connectivity index (χ2v) is 10.0. The maximum Gasteiger partial charge on any atom is 0.345 e. The number of nitrogens with zero attached hydrogens (tertiary/aromatic N) is 3. The molecule has 1 N–H and O–H groups in total. The van der Waals surface area contributed by atoms with E-state index >= 15 is 0 Å². The zero-order valence-electron chi connectivity index (χ0n) is 17.3. The highest BCUT2D eigenvalue weighted by Gasteiger charge is 2.56. The van der Waals surface area contributed by atoms with Gasteiger partial charge in [0, 0.05) is 31.7 Å². The van der Waals surface area contributed by atoms with Crippen molar-refractivity contribution in [1.82, 2.24) is 20.2 Å². The van der Waals surface area contributed by atoms with Gasteiger partial charge in [0.05, 0.1) is 6.04 Å². The fourth-order valence-electron chi connectivity index (χ4n) is 5.95. The van der Waals surface area contributed by atoms with E-state index in [1.165, 1.54) is 31.0 Å². The molecule has 2 bridgehead atoms. The number of hydroxylamine groups is 2. The van der Waals surface area contributed by atoms with E-state index in [-0.39, 0.29) is 30.1 Å². The first-order valence-corrected chi connectivity index (χ1v) is 11.4. The van der Waals surface area contributed by atoms with Crippen molar-refractivity contribution in [2.24, 2.45) is 5.41 Å². The Morgan fingerprint density at radius 1 is 1.07 bits per heavy atom. The van der Waals surface area contributed by atoms with Gasteiger partial charge in [-0.3, -0.25) is 14.5 Å². The number of hydrogen-bond donors (Lipinski definition) is 1. The van der Waals surface area contributed by atoms with Crippen molar-refractivity contribution in [1.29, 1.82) is 0 Å². The molecule has 2 saturated carbocycles. The zero-order chi connectivity index (χ0) is 20.3. The number of hydrogen-bond acceptors (Lipinski definition) is 4. The predicted molar refractivity (Wildman–Crippen MR) is 110 cm³/mol. The zero-order valence-corrected chi connectivity index (χ0v) is 17.3. The van der Waals surface area contributed by atoms with Crippen LogP contribution in [-0.4, -0.2) is 70.6 Å². The number of likely N-dealkylation sites (tertiary alicyclic amines) is 1. The van der Waals surface area contributed by atoms with Gasteiger partial charge in [0.2, 0.25) is 5.91 Å². The second kappa shape index (κ2) is 6.95. The Hall–Kier alpha value is -2.12. The van der Waals surface area contributed by atoms with Gasteiger partial charge in [-0.1, -0.05) is 30.3 Å². The molecule has 0 aromatic heterocycles. The van der Waals surface area contributed by atoms with Gasteiger partial charge in [-0.25, -0.2) is 4.79 Å². The summed E-state index contributed by atoms with van der Waals surface area (Å²) < 4.78 is 0. The molecule has 5 aliphatic rings. The molecule has 160 valence electrons. The topological polar surface area (TPSA) is 65.1 Å². The molecule has 0 radical (unpaired) electrons. The van der Waals surface area contributed by atoms with Crippen LogP contribution < -0.4 is 5.32 Å². The molecule has 1 aromatic rings. The number of carbonyl (C=O) groups excluding carboxylic acids is 2. The van der Waals surface area contributed by atoms with Crippen LogP contribution in [0.25, 0.3) is 0 Å². The summed E-state index contributed by atoms with van der Waals surface area (Å²) in [6.07, 6.45) is 6.44. The maximum absolute atomic E-state index is 12.9. The van der Waals surface area contributed by atoms with Crippen LogP contribution in [0.15, 0.2) is 30.3 Å². The number of fused-ring (bicyclic) bond motifs is 2. The van der Waals surface area contributed by atoms with E-state index in [1.807, 2.05) is 30.3 Å². The highest BCUT2D eigenvalue weighted by Crippen LogP contribution is 2.51. The lowest BCUT2D eigenvalue weighted by atomic mass is 9.60. The van der Waals surface area contributed by atoms with E-state index in [0.29, 0.717) is 25.0 Å². The molecule has 5 fully saturated rings. The third-order valence-electron chi connectivity index (χ3n) is 7.68. The van der Waals surface area contributed by atoms with Crippen LogP contribution >= 0.6 is 0 Å². The summed E-state index contributed by atoms with van der Waals surface area (Å²) in [7, 11) is 0.